The monoisotopic (exact) mass is 484 g/mol. The average molecular weight is 485 g/mol. The highest BCUT2D eigenvalue weighted by Crippen LogP contribution is 2.42. The molecule has 0 radical (unpaired) electrons. The molecule has 2 aliphatic rings. The van der Waals surface area contributed by atoms with Crippen LogP contribution in [0, 0.1) is 0 Å². The van der Waals surface area contributed by atoms with Crippen LogP contribution in [0.25, 0.3) is 22.1 Å². The molecule has 4 heterocycles. The molecule has 180 valence electrons. The van der Waals surface area contributed by atoms with E-state index in [0.29, 0.717) is 47.2 Å². The van der Waals surface area contributed by atoms with Gasteiger partial charge in [-0.2, -0.15) is 0 Å². The Bertz CT molecular complexity index is 1440. The number of allylic oxidation sites excluding steroid dienone is 2. The summed E-state index contributed by atoms with van der Waals surface area (Å²) in [5.41, 5.74) is 8.25. The van der Waals surface area contributed by atoms with Gasteiger partial charge in [0.1, 0.15) is 23.4 Å². The smallest absolute Gasteiger partial charge is 0.313 e. The number of hydrogen-bond acceptors (Lipinski definition) is 8. The number of fused-ring (bicyclic) bond motifs is 3. The van der Waals surface area contributed by atoms with Crippen molar-refractivity contribution in [3.8, 4) is 0 Å². The van der Waals surface area contributed by atoms with Gasteiger partial charge in [0.25, 0.3) is 10.0 Å². The minimum atomic E-state index is -4.17. The van der Waals surface area contributed by atoms with Crippen molar-refractivity contribution in [2.75, 3.05) is 19.7 Å². The Morgan fingerprint density at radius 1 is 1.41 bits per heavy atom. The number of esters is 1. The third-order valence-corrected chi connectivity index (χ3v) is 9.20. The lowest BCUT2D eigenvalue weighted by Gasteiger charge is -2.43. The molecule has 1 fully saturated rings. The molecule has 0 spiro atoms. The van der Waals surface area contributed by atoms with Crippen molar-refractivity contribution < 1.29 is 17.9 Å². The van der Waals surface area contributed by atoms with Gasteiger partial charge in [-0.1, -0.05) is 18.2 Å². The largest absolute Gasteiger partial charge is 0.466 e. The molecular formula is C23H28N6O4S. The topological polar surface area (TPSA) is 136 Å². The van der Waals surface area contributed by atoms with Crippen molar-refractivity contribution in [1.29, 1.82) is 0 Å². The highest BCUT2D eigenvalue weighted by Gasteiger charge is 2.53. The zero-order valence-corrected chi connectivity index (χ0v) is 20.0. The van der Waals surface area contributed by atoms with Gasteiger partial charge in [0, 0.05) is 37.1 Å². The molecule has 0 aromatic carbocycles. The van der Waals surface area contributed by atoms with Crippen LogP contribution in [0.1, 0.15) is 32.5 Å². The molecule has 1 aliphatic carbocycles. The van der Waals surface area contributed by atoms with Gasteiger partial charge in [-0.15, -0.1) is 0 Å². The molecule has 2 atom stereocenters. The minimum absolute atomic E-state index is 0.106. The summed E-state index contributed by atoms with van der Waals surface area (Å²) in [6, 6.07) is 1.67. The third kappa shape index (κ3) is 3.29. The van der Waals surface area contributed by atoms with Gasteiger partial charge < -0.3 is 15.5 Å². The van der Waals surface area contributed by atoms with E-state index in [0.717, 1.165) is 0 Å². The summed E-state index contributed by atoms with van der Waals surface area (Å²) in [7, 11) is -4.17. The van der Waals surface area contributed by atoms with E-state index in [1.807, 2.05) is 30.1 Å². The Morgan fingerprint density at radius 3 is 2.94 bits per heavy atom. The van der Waals surface area contributed by atoms with Crippen LogP contribution in [-0.2, 0) is 26.0 Å². The van der Waals surface area contributed by atoms with Crippen molar-refractivity contribution in [1.82, 2.24) is 23.8 Å². The van der Waals surface area contributed by atoms with Crippen molar-refractivity contribution >= 4 is 38.1 Å². The second kappa shape index (κ2) is 8.33. The molecule has 3 N–H and O–H groups in total. The van der Waals surface area contributed by atoms with Crippen molar-refractivity contribution in [2.24, 2.45) is 5.73 Å². The van der Waals surface area contributed by atoms with Crippen LogP contribution in [0.15, 0.2) is 42.3 Å². The first-order valence-electron chi connectivity index (χ1n) is 11.4. The van der Waals surface area contributed by atoms with E-state index in [9.17, 15) is 13.2 Å². The molecule has 0 bridgehead atoms. The van der Waals surface area contributed by atoms with E-state index < -0.39 is 20.9 Å². The molecule has 1 saturated heterocycles. The van der Waals surface area contributed by atoms with Gasteiger partial charge in [0.2, 0.25) is 0 Å². The number of aromatic amines is 1. The number of H-pyrrole nitrogens is 1. The first-order valence-corrected chi connectivity index (χ1v) is 12.8. The predicted octanol–water partition coefficient (Wildman–Crippen LogP) is 1.83. The summed E-state index contributed by atoms with van der Waals surface area (Å²) in [6.45, 7) is 4.75. The molecule has 5 rings (SSSR count). The fourth-order valence-corrected chi connectivity index (χ4v) is 7.54. The van der Waals surface area contributed by atoms with Gasteiger partial charge in [0.05, 0.1) is 18.3 Å². The van der Waals surface area contributed by atoms with Gasteiger partial charge in [-0.25, -0.2) is 22.4 Å². The first-order chi connectivity index (χ1) is 16.3. The SMILES string of the molecule is CCOC(=O)Cc1nc2cnc3[nH]ccc3c2n1S(=O)(=O)C1(N2CC[C@H](N)C2)CC=CC=C1C. The van der Waals surface area contributed by atoms with E-state index >= 15 is 0 Å². The number of aromatic nitrogens is 4. The lowest BCUT2D eigenvalue weighted by molar-refractivity contribution is -0.142. The Morgan fingerprint density at radius 2 is 2.24 bits per heavy atom. The van der Waals surface area contributed by atoms with Crippen LogP contribution >= 0.6 is 0 Å². The fraction of sp³-hybridized carbons (Fsp3) is 0.435. The van der Waals surface area contributed by atoms with E-state index in [4.69, 9.17) is 10.5 Å². The van der Waals surface area contributed by atoms with Crippen molar-refractivity contribution in [3.63, 3.8) is 0 Å². The molecule has 0 saturated carbocycles. The van der Waals surface area contributed by atoms with E-state index in [2.05, 4.69) is 15.0 Å². The lowest BCUT2D eigenvalue weighted by Crippen LogP contribution is -2.57. The van der Waals surface area contributed by atoms with Gasteiger partial charge in [-0.05, 0) is 31.9 Å². The molecule has 3 aromatic heterocycles. The first kappa shape index (κ1) is 22.8. The molecule has 34 heavy (non-hydrogen) atoms. The Labute approximate surface area is 197 Å². The number of nitrogens with zero attached hydrogens (tertiary/aromatic N) is 4. The zero-order chi connectivity index (χ0) is 24.1. The standard InChI is InChI=1S/C23H28N6O4S/c1-3-33-20(30)12-19-27-18-13-26-22-17(7-10-25-22)21(18)29(19)34(31,32)23(9-5-4-6-15(23)2)28-11-8-16(24)14-28/h4-7,10,13,16H,3,8-9,11-12,14,24H2,1-2H3,(H,25,26)/t16-,23?/m0/s1. The number of nitrogens with two attached hydrogens (primary N) is 1. The number of hydrogen-bond donors (Lipinski definition) is 2. The summed E-state index contributed by atoms with van der Waals surface area (Å²) >= 11 is 0. The Kier molecular flexibility index (Phi) is 5.58. The quantitative estimate of drug-likeness (QED) is 0.506. The van der Waals surface area contributed by atoms with Crippen LogP contribution in [0.4, 0.5) is 0 Å². The molecule has 11 heteroatoms. The number of ether oxygens (including phenoxy) is 1. The number of carbonyl (C=O) groups is 1. The molecular weight excluding hydrogens is 456 g/mol. The Balaban J connectivity index is 1.80. The van der Waals surface area contributed by atoms with Crippen LogP contribution in [0.5, 0.6) is 0 Å². The maximum Gasteiger partial charge on any atom is 0.313 e. The number of rotatable bonds is 6. The predicted molar refractivity (Wildman–Crippen MR) is 128 cm³/mol. The van der Waals surface area contributed by atoms with Crippen molar-refractivity contribution in [3.05, 3.63) is 48.1 Å². The van der Waals surface area contributed by atoms with E-state index in [1.165, 1.54) is 10.2 Å². The Hall–Kier alpha value is -3.02. The number of nitrogens with one attached hydrogen (secondary N) is 1. The molecule has 0 amide bonds. The number of pyridine rings is 1. The second-order valence-corrected chi connectivity index (χ2v) is 10.8. The maximum absolute atomic E-state index is 14.8. The van der Waals surface area contributed by atoms with Crippen LogP contribution < -0.4 is 5.73 Å². The van der Waals surface area contributed by atoms with Crippen LogP contribution in [0.2, 0.25) is 0 Å². The third-order valence-electron chi connectivity index (χ3n) is 6.73. The summed E-state index contributed by atoms with van der Waals surface area (Å²) < 4.78 is 36.0. The normalized spacial score (nSPS) is 23.6. The lowest BCUT2D eigenvalue weighted by atomic mass is 9.98. The molecule has 3 aromatic rings. The van der Waals surface area contributed by atoms with E-state index in [1.54, 1.807) is 19.2 Å². The summed E-state index contributed by atoms with van der Waals surface area (Å²) in [5, 5.41) is 0.616. The summed E-state index contributed by atoms with van der Waals surface area (Å²) in [4.78, 5) is 25.0. The highest BCUT2D eigenvalue weighted by atomic mass is 32.2. The second-order valence-electron chi connectivity index (χ2n) is 8.77. The molecule has 10 nitrogen and oxygen atoms in total. The van der Waals surface area contributed by atoms with Crippen LogP contribution in [0.3, 0.4) is 0 Å². The summed E-state index contributed by atoms with van der Waals surface area (Å²) in [5.74, 6) is -0.435. The fourth-order valence-electron chi connectivity index (χ4n) is 5.15. The minimum Gasteiger partial charge on any atom is -0.466 e. The zero-order valence-electron chi connectivity index (χ0n) is 19.2. The maximum atomic E-state index is 14.8. The summed E-state index contributed by atoms with van der Waals surface area (Å²) in [6.07, 6.45) is 9.51. The van der Waals surface area contributed by atoms with Crippen molar-refractivity contribution in [2.45, 2.75) is 44.0 Å². The highest BCUT2D eigenvalue weighted by molar-refractivity contribution is 7.91. The van der Waals surface area contributed by atoms with E-state index in [-0.39, 0.29) is 31.3 Å². The van der Waals surface area contributed by atoms with Gasteiger partial charge in [-0.3, -0.25) is 9.69 Å². The molecule has 1 unspecified atom stereocenters. The average Bonchev–Trinajstić information content (AvgIpc) is 3.51. The number of imidazole rings is 1. The van der Waals surface area contributed by atoms with Crippen LogP contribution in [-0.4, -0.2) is 68.8 Å². The van der Waals surface area contributed by atoms with Gasteiger partial charge in [0.15, 0.2) is 4.87 Å². The number of likely N-dealkylation sites (tertiary alicyclic amines) is 1. The number of carbonyl (C=O) groups excluding carboxylic acids is 1. The van der Waals surface area contributed by atoms with Gasteiger partial charge >= 0.3 is 5.97 Å². The molecule has 1 aliphatic heterocycles.